The van der Waals surface area contributed by atoms with Crippen molar-refractivity contribution >= 4 is 23.1 Å². The molecule has 1 heterocycles. The Hall–Kier alpha value is -0.910. The number of nitrogens with two attached hydrogens (primary N) is 1. The molecule has 0 aliphatic rings. The fourth-order valence-corrected chi connectivity index (χ4v) is 4.01. The molecule has 2 N–H and O–H groups in total. The molecule has 2 aromatic rings. The molecule has 2 atom stereocenters. The van der Waals surface area contributed by atoms with Crippen LogP contribution in [0.25, 0.3) is 0 Å². The molecule has 1 aromatic carbocycles. The molecule has 1 nitrogen and oxygen atoms in total. The predicted octanol–water partition coefficient (Wildman–Crippen LogP) is 4.52. The van der Waals surface area contributed by atoms with Gasteiger partial charge in [0.15, 0.2) is 11.6 Å². The van der Waals surface area contributed by atoms with Crippen molar-refractivity contribution in [1.82, 2.24) is 0 Å². The molecular weight excluding hydrogens is 284 g/mol. The van der Waals surface area contributed by atoms with Crippen molar-refractivity contribution in [2.45, 2.75) is 30.0 Å². The molecule has 0 aliphatic carbocycles. The highest BCUT2D eigenvalue weighted by molar-refractivity contribution is 7.99. The Labute approximate surface area is 119 Å². The minimum Gasteiger partial charge on any atom is -0.327 e. The second-order valence-corrected chi connectivity index (χ2v) is 6.96. The van der Waals surface area contributed by atoms with Crippen LogP contribution in [0.2, 0.25) is 0 Å². The lowest BCUT2D eigenvalue weighted by molar-refractivity contribution is 0.506. The van der Waals surface area contributed by atoms with Crippen molar-refractivity contribution in [3.63, 3.8) is 0 Å². The molecule has 0 saturated heterocycles. The Morgan fingerprint density at radius 3 is 2.42 bits per heavy atom. The van der Waals surface area contributed by atoms with Crippen molar-refractivity contribution in [3.8, 4) is 0 Å². The van der Waals surface area contributed by atoms with E-state index in [9.17, 15) is 8.78 Å². The van der Waals surface area contributed by atoms with E-state index in [0.717, 1.165) is 10.9 Å². The zero-order chi connectivity index (χ0) is 14.0. The largest absolute Gasteiger partial charge is 0.327 e. The summed E-state index contributed by atoms with van der Waals surface area (Å²) in [6.07, 6.45) is 0. The molecule has 5 heteroatoms. The van der Waals surface area contributed by atoms with Gasteiger partial charge in [-0.1, -0.05) is 0 Å². The molecule has 102 valence electrons. The van der Waals surface area contributed by atoms with Crippen LogP contribution in [0.1, 0.15) is 21.9 Å². The van der Waals surface area contributed by atoms with Gasteiger partial charge in [0.1, 0.15) is 0 Å². The van der Waals surface area contributed by atoms with Gasteiger partial charge < -0.3 is 5.73 Å². The summed E-state index contributed by atoms with van der Waals surface area (Å²) >= 11 is 3.15. The summed E-state index contributed by atoms with van der Waals surface area (Å²) in [7, 11) is 0. The normalized spacial score (nSPS) is 14.4. The lowest BCUT2D eigenvalue weighted by Gasteiger charge is -2.19. The van der Waals surface area contributed by atoms with Crippen LogP contribution in [0.15, 0.2) is 35.2 Å². The van der Waals surface area contributed by atoms with Gasteiger partial charge in [0.25, 0.3) is 0 Å². The number of hydrogen-bond donors (Lipinski definition) is 1. The van der Waals surface area contributed by atoms with E-state index in [1.165, 1.54) is 22.7 Å². The smallest absolute Gasteiger partial charge is 0.159 e. The second-order valence-electron chi connectivity index (χ2n) is 4.42. The molecule has 0 bridgehead atoms. The molecular formula is C14H15F2NS2. The molecule has 1 aromatic heterocycles. The number of thioether (sulfide) groups is 1. The maximum absolute atomic E-state index is 13.2. The van der Waals surface area contributed by atoms with E-state index in [-0.39, 0.29) is 11.3 Å². The molecule has 0 fully saturated rings. The SMILES string of the molecule is Cc1ccc(C(Sc2ccc(F)c(F)c2)C(C)N)s1. The average molecular weight is 299 g/mol. The highest BCUT2D eigenvalue weighted by Crippen LogP contribution is 2.40. The van der Waals surface area contributed by atoms with Crippen molar-refractivity contribution in [2.75, 3.05) is 0 Å². The minimum absolute atomic E-state index is 0.0450. The van der Waals surface area contributed by atoms with E-state index >= 15 is 0 Å². The van der Waals surface area contributed by atoms with Crippen LogP contribution in [-0.4, -0.2) is 6.04 Å². The van der Waals surface area contributed by atoms with Crippen LogP contribution in [0.3, 0.4) is 0 Å². The highest BCUT2D eigenvalue weighted by Gasteiger charge is 2.20. The van der Waals surface area contributed by atoms with Crippen molar-refractivity contribution in [1.29, 1.82) is 0 Å². The van der Waals surface area contributed by atoms with Gasteiger partial charge in [-0.15, -0.1) is 23.1 Å². The van der Waals surface area contributed by atoms with E-state index in [2.05, 4.69) is 0 Å². The van der Waals surface area contributed by atoms with Crippen molar-refractivity contribution < 1.29 is 8.78 Å². The van der Waals surface area contributed by atoms with E-state index in [0.29, 0.717) is 4.90 Å². The number of thiophene rings is 1. The molecule has 2 rings (SSSR count). The highest BCUT2D eigenvalue weighted by atomic mass is 32.2. The van der Waals surface area contributed by atoms with Gasteiger partial charge >= 0.3 is 0 Å². The maximum atomic E-state index is 13.2. The quantitative estimate of drug-likeness (QED) is 0.840. The fraction of sp³-hybridized carbons (Fsp3) is 0.286. The van der Waals surface area contributed by atoms with E-state index in [1.807, 2.05) is 26.0 Å². The first-order valence-electron chi connectivity index (χ1n) is 5.91. The molecule has 0 amide bonds. The van der Waals surface area contributed by atoms with Crippen LogP contribution >= 0.6 is 23.1 Å². The van der Waals surface area contributed by atoms with Gasteiger partial charge in [-0.25, -0.2) is 8.78 Å². The number of aryl methyl sites for hydroxylation is 1. The third-order valence-corrected chi connectivity index (χ3v) is 5.37. The predicted molar refractivity (Wildman–Crippen MR) is 77.7 cm³/mol. The third kappa shape index (κ3) is 3.55. The maximum Gasteiger partial charge on any atom is 0.159 e. The lowest BCUT2D eigenvalue weighted by Crippen LogP contribution is -2.21. The number of benzene rings is 1. The molecule has 0 spiro atoms. The summed E-state index contributed by atoms with van der Waals surface area (Å²) in [6, 6.07) is 7.96. The van der Waals surface area contributed by atoms with Crippen LogP contribution in [0.5, 0.6) is 0 Å². The topological polar surface area (TPSA) is 26.0 Å². The first-order chi connectivity index (χ1) is 8.97. The van der Waals surface area contributed by atoms with Gasteiger partial charge in [-0.3, -0.25) is 0 Å². The first kappa shape index (κ1) is 14.5. The Bertz CT molecular complexity index is 566. The van der Waals surface area contributed by atoms with E-state index in [1.54, 1.807) is 17.4 Å². The molecule has 0 radical (unpaired) electrons. The Kier molecular flexibility index (Phi) is 4.60. The first-order valence-corrected chi connectivity index (χ1v) is 7.60. The monoisotopic (exact) mass is 299 g/mol. The molecule has 19 heavy (non-hydrogen) atoms. The second kappa shape index (κ2) is 6.03. The Balaban J connectivity index is 2.23. The number of rotatable bonds is 4. The molecule has 2 unspecified atom stereocenters. The summed E-state index contributed by atoms with van der Waals surface area (Å²) in [4.78, 5) is 3.06. The fourth-order valence-electron chi connectivity index (χ4n) is 1.73. The van der Waals surface area contributed by atoms with Crippen molar-refractivity contribution in [2.24, 2.45) is 5.73 Å². The van der Waals surface area contributed by atoms with Gasteiger partial charge in [0.05, 0.1) is 5.25 Å². The van der Waals surface area contributed by atoms with Crippen LogP contribution in [0, 0.1) is 18.6 Å². The van der Waals surface area contributed by atoms with E-state index < -0.39 is 11.6 Å². The van der Waals surface area contributed by atoms with Gasteiger partial charge in [0.2, 0.25) is 0 Å². The number of halogens is 2. The third-order valence-electron chi connectivity index (χ3n) is 2.67. The molecule has 0 aliphatic heterocycles. The summed E-state index contributed by atoms with van der Waals surface area (Å²) in [5, 5.41) is 0.0450. The summed E-state index contributed by atoms with van der Waals surface area (Å²) in [5.74, 6) is -1.65. The van der Waals surface area contributed by atoms with Gasteiger partial charge in [-0.2, -0.15) is 0 Å². The summed E-state index contributed by atoms with van der Waals surface area (Å²) < 4.78 is 26.1. The Morgan fingerprint density at radius 2 is 1.89 bits per heavy atom. The standard InChI is InChI=1S/C14H15F2NS2/c1-8-3-6-13(18-8)14(9(2)17)19-10-4-5-11(15)12(16)7-10/h3-7,9,14H,17H2,1-2H3. The van der Waals surface area contributed by atoms with Crippen molar-refractivity contribution in [3.05, 3.63) is 51.7 Å². The molecule has 0 saturated carbocycles. The van der Waals surface area contributed by atoms with E-state index in [4.69, 9.17) is 5.73 Å². The Morgan fingerprint density at radius 1 is 1.16 bits per heavy atom. The zero-order valence-corrected chi connectivity index (χ0v) is 12.3. The van der Waals surface area contributed by atoms with Crippen LogP contribution in [-0.2, 0) is 0 Å². The van der Waals surface area contributed by atoms with Crippen LogP contribution in [0.4, 0.5) is 8.78 Å². The van der Waals surface area contributed by atoms with Gasteiger partial charge in [0, 0.05) is 20.7 Å². The zero-order valence-electron chi connectivity index (χ0n) is 10.7. The lowest BCUT2D eigenvalue weighted by atomic mass is 10.2. The van der Waals surface area contributed by atoms with Gasteiger partial charge in [-0.05, 0) is 44.2 Å². The minimum atomic E-state index is -0.825. The van der Waals surface area contributed by atoms with Crippen LogP contribution < -0.4 is 5.73 Å². The average Bonchev–Trinajstić information content (AvgIpc) is 2.76. The summed E-state index contributed by atoms with van der Waals surface area (Å²) in [5.41, 5.74) is 6.01. The summed E-state index contributed by atoms with van der Waals surface area (Å²) in [6.45, 7) is 3.96. The number of hydrogen-bond acceptors (Lipinski definition) is 3.